The van der Waals surface area contributed by atoms with Crippen LogP contribution in [0.15, 0.2) is 18.2 Å². The van der Waals surface area contributed by atoms with E-state index in [2.05, 4.69) is 12.2 Å². The molecule has 1 rings (SSSR count). The Balaban J connectivity index is 2.56. The molecule has 0 saturated carbocycles. The Bertz CT molecular complexity index is 373. The van der Waals surface area contributed by atoms with Crippen LogP contribution in [0.25, 0.3) is 0 Å². The van der Waals surface area contributed by atoms with Gasteiger partial charge in [-0.1, -0.05) is 24.6 Å². The van der Waals surface area contributed by atoms with Gasteiger partial charge in [0, 0.05) is 19.8 Å². The summed E-state index contributed by atoms with van der Waals surface area (Å²) in [7, 11) is 1.72. The monoisotopic (exact) mass is 287 g/mol. The summed E-state index contributed by atoms with van der Waals surface area (Å²) >= 11 is 5.81. The first-order valence-electron chi connectivity index (χ1n) is 6.83. The molecule has 0 heterocycles. The van der Waals surface area contributed by atoms with Crippen LogP contribution in [-0.4, -0.2) is 26.3 Å². The van der Waals surface area contributed by atoms with E-state index in [4.69, 9.17) is 16.3 Å². The van der Waals surface area contributed by atoms with Gasteiger partial charge in [0.15, 0.2) is 0 Å². The molecule has 0 radical (unpaired) electrons. The maximum absolute atomic E-state index is 13.1. The summed E-state index contributed by atoms with van der Waals surface area (Å²) < 4.78 is 18.2. The molecule has 2 nitrogen and oxygen atoms in total. The fourth-order valence-corrected chi connectivity index (χ4v) is 2.25. The number of hydrogen-bond acceptors (Lipinski definition) is 2. The van der Waals surface area contributed by atoms with Crippen LogP contribution < -0.4 is 5.32 Å². The number of rotatable bonds is 9. The maximum Gasteiger partial charge on any atom is 0.141 e. The van der Waals surface area contributed by atoms with E-state index in [1.807, 2.05) is 0 Å². The van der Waals surface area contributed by atoms with E-state index < -0.39 is 0 Å². The number of hydrogen-bond donors (Lipinski definition) is 1. The van der Waals surface area contributed by atoms with E-state index in [0.717, 1.165) is 44.4 Å². The lowest BCUT2D eigenvalue weighted by Gasteiger charge is -2.18. The summed E-state index contributed by atoms with van der Waals surface area (Å²) in [5, 5.41) is 3.72. The van der Waals surface area contributed by atoms with Crippen molar-refractivity contribution in [2.75, 3.05) is 20.3 Å². The minimum Gasteiger partial charge on any atom is -0.385 e. The topological polar surface area (TPSA) is 21.3 Å². The molecule has 0 saturated heterocycles. The molecule has 0 aliphatic rings. The van der Waals surface area contributed by atoms with Crippen molar-refractivity contribution >= 4 is 11.6 Å². The lowest BCUT2D eigenvalue weighted by Crippen LogP contribution is -2.32. The fraction of sp³-hybridized carbons (Fsp3) is 0.600. The Labute approximate surface area is 120 Å². The van der Waals surface area contributed by atoms with Crippen molar-refractivity contribution in [2.45, 2.75) is 38.6 Å². The third-order valence-electron chi connectivity index (χ3n) is 3.05. The Morgan fingerprint density at radius 3 is 2.84 bits per heavy atom. The molecule has 1 aromatic rings. The Hall–Kier alpha value is -0.640. The average Bonchev–Trinajstić information content (AvgIpc) is 2.40. The highest BCUT2D eigenvalue weighted by Gasteiger charge is 2.10. The van der Waals surface area contributed by atoms with Crippen molar-refractivity contribution in [3.8, 4) is 0 Å². The first-order chi connectivity index (χ1) is 9.17. The molecule has 0 aromatic heterocycles. The average molecular weight is 288 g/mol. The molecule has 0 aliphatic carbocycles. The lowest BCUT2D eigenvalue weighted by atomic mass is 10.0. The second kappa shape index (κ2) is 9.29. The third kappa shape index (κ3) is 6.37. The first-order valence-corrected chi connectivity index (χ1v) is 7.21. The zero-order valence-corrected chi connectivity index (χ0v) is 12.5. The zero-order valence-electron chi connectivity index (χ0n) is 11.7. The van der Waals surface area contributed by atoms with E-state index in [0.29, 0.717) is 6.04 Å². The Kier molecular flexibility index (Phi) is 8.03. The summed E-state index contributed by atoms with van der Waals surface area (Å²) in [6.07, 6.45) is 4.03. The first kappa shape index (κ1) is 16.4. The van der Waals surface area contributed by atoms with E-state index >= 15 is 0 Å². The number of benzene rings is 1. The van der Waals surface area contributed by atoms with Gasteiger partial charge in [-0.15, -0.1) is 0 Å². The molecule has 0 amide bonds. The van der Waals surface area contributed by atoms with Gasteiger partial charge in [0.1, 0.15) is 5.82 Å². The van der Waals surface area contributed by atoms with Crippen molar-refractivity contribution < 1.29 is 9.13 Å². The molecule has 108 valence electrons. The summed E-state index contributed by atoms with van der Waals surface area (Å²) in [4.78, 5) is 0. The minimum atomic E-state index is -0.358. The van der Waals surface area contributed by atoms with Gasteiger partial charge in [0.2, 0.25) is 0 Å². The smallest absolute Gasteiger partial charge is 0.141 e. The molecule has 1 aromatic carbocycles. The maximum atomic E-state index is 13.1. The molecule has 1 atom stereocenters. The van der Waals surface area contributed by atoms with Crippen molar-refractivity contribution in [2.24, 2.45) is 0 Å². The van der Waals surface area contributed by atoms with Crippen molar-refractivity contribution in [3.63, 3.8) is 0 Å². The molecule has 0 aliphatic heterocycles. The highest BCUT2D eigenvalue weighted by Crippen LogP contribution is 2.18. The van der Waals surface area contributed by atoms with Gasteiger partial charge in [0.05, 0.1) is 5.02 Å². The third-order valence-corrected chi connectivity index (χ3v) is 3.34. The van der Waals surface area contributed by atoms with Crippen LogP contribution in [0, 0.1) is 5.82 Å². The minimum absolute atomic E-state index is 0.198. The van der Waals surface area contributed by atoms with Crippen LogP contribution in [0.3, 0.4) is 0 Å². The number of nitrogens with one attached hydrogen (secondary N) is 1. The van der Waals surface area contributed by atoms with Gasteiger partial charge in [-0.05, 0) is 49.9 Å². The van der Waals surface area contributed by atoms with Crippen molar-refractivity contribution in [1.82, 2.24) is 5.32 Å². The van der Waals surface area contributed by atoms with E-state index in [9.17, 15) is 4.39 Å². The lowest BCUT2D eigenvalue weighted by molar-refractivity contribution is 0.188. The SMILES string of the molecule is CCCNC(CCCOC)Cc1ccc(F)c(Cl)c1. The number of ether oxygens (including phenoxy) is 1. The second-order valence-corrected chi connectivity index (χ2v) is 5.15. The fourth-order valence-electron chi connectivity index (χ4n) is 2.05. The van der Waals surface area contributed by atoms with Gasteiger partial charge < -0.3 is 10.1 Å². The van der Waals surface area contributed by atoms with Crippen LogP contribution in [0.1, 0.15) is 31.7 Å². The zero-order chi connectivity index (χ0) is 14.1. The molecule has 19 heavy (non-hydrogen) atoms. The molecule has 0 fully saturated rings. The molecular formula is C15H23ClFNO. The van der Waals surface area contributed by atoms with Crippen LogP contribution in [0.5, 0.6) is 0 Å². The summed E-state index contributed by atoms with van der Waals surface area (Å²) in [5.41, 5.74) is 1.07. The summed E-state index contributed by atoms with van der Waals surface area (Å²) in [6, 6.07) is 5.34. The Morgan fingerprint density at radius 2 is 2.21 bits per heavy atom. The molecular weight excluding hydrogens is 265 g/mol. The van der Waals surface area contributed by atoms with Gasteiger partial charge in [-0.2, -0.15) is 0 Å². The summed E-state index contributed by atoms with van der Waals surface area (Å²) in [5.74, 6) is -0.358. The molecule has 1 N–H and O–H groups in total. The van der Waals surface area contributed by atoms with Gasteiger partial charge in [-0.25, -0.2) is 4.39 Å². The van der Waals surface area contributed by atoms with Gasteiger partial charge in [0.25, 0.3) is 0 Å². The summed E-state index contributed by atoms with van der Waals surface area (Å²) in [6.45, 7) is 3.91. The van der Waals surface area contributed by atoms with Crippen LogP contribution >= 0.6 is 11.6 Å². The van der Waals surface area contributed by atoms with Crippen molar-refractivity contribution in [3.05, 3.63) is 34.6 Å². The highest BCUT2D eigenvalue weighted by atomic mass is 35.5. The predicted octanol–water partition coefficient (Wildman–Crippen LogP) is 3.82. The number of halogens is 2. The molecule has 0 spiro atoms. The van der Waals surface area contributed by atoms with E-state index in [-0.39, 0.29) is 10.8 Å². The normalized spacial score (nSPS) is 12.6. The van der Waals surface area contributed by atoms with Gasteiger partial charge in [-0.3, -0.25) is 0 Å². The van der Waals surface area contributed by atoms with Crippen LogP contribution in [0.2, 0.25) is 5.02 Å². The predicted molar refractivity (Wildman–Crippen MR) is 78.3 cm³/mol. The molecule has 4 heteroatoms. The standard InChI is InChI=1S/C15H23ClFNO/c1-3-8-18-13(5-4-9-19-2)10-12-6-7-15(17)14(16)11-12/h6-7,11,13,18H,3-5,8-10H2,1-2H3. The molecule has 1 unspecified atom stereocenters. The highest BCUT2D eigenvalue weighted by molar-refractivity contribution is 6.30. The van der Waals surface area contributed by atoms with Crippen LogP contribution in [0.4, 0.5) is 4.39 Å². The van der Waals surface area contributed by atoms with E-state index in [1.165, 1.54) is 6.07 Å². The van der Waals surface area contributed by atoms with E-state index in [1.54, 1.807) is 19.2 Å². The van der Waals surface area contributed by atoms with Crippen molar-refractivity contribution in [1.29, 1.82) is 0 Å². The number of methoxy groups -OCH3 is 1. The largest absolute Gasteiger partial charge is 0.385 e. The van der Waals surface area contributed by atoms with Gasteiger partial charge >= 0.3 is 0 Å². The van der Waals surface area contributed by atoms with Crippen LogP contribution in [-0.2, 0) is 11.2 Å². The quantitative estimate of drug-likeness (QED) is 0.697. The molecule has 0 bridgehead atoms. The second-order valence-electron chi connectivity index (χ2n) is 4.74. The Morgan fingerprint density at radius 1 is 1.42 bits per heavy atom.